The van der Waals surface area contributed by atoms with E-state index in [-0.39, 0.29) is 5.56 Å². The van der Waals surface area contributed by atoms with Gasteiger partial charge in [-0.2, -0.15) is 5.10 Å². The predicted molar refractivity (Wildman–Crippen MR) is 73.8 cm³/mol. The molecule has 3 aromatic heterocycles. The van der Waals surface area contributed by atoms with Crippen molar-refractivity contribution < 1.29 is 4.74 Å². The lowest BCUT2D eigenvalue weighted by molar-refractivity contribution is 0.399. The molecule has 3 aromatic rings. The number of fused-ring (bicyclic) bond motifs is 1. The van der Waals surface area contributed by atoms with Crippen molar-refractivity contribution in [2.75, 3.05) is 7.11 Å². The number of hydrogen-bond acceptors (Lipinski definition) is 5. The molecule has 3 heterocycles. The molecule has 0 amide bonds. The topological polar surface area (TPSA) is 96.6 Å². The summed E-state index contributed by atoms with van der Waals surface area (Å²) in [5.41, 5.74) is 2.89. The number of nitrogens with one attached hydrogen (secondary N) is 2. The van der Waals surface area contributed by atoms with E-state index < -0.39 is 0 Å². The number of aromatic amines is 2. The van der Waals surface area contributed by atoms with Crippen LogP contribution in [0.1, 0.15) is 11.3 Å². The zero-order valence-electron chi connectivity index (χ0n) is 11.3. The number of rotatable bonds is 2. The molecule has 2 N–H and O–H groups in total. The second-order valence-corrected chi connectivity index (χ2v) is 4.53. The van der Waals surface area contributed by atoms with Crippen molar-refractivity contribution in [3.8, 4) is 17.3 Å². The molecule has 0 fully saturated rings. The number of aryl methyl sites for hydroxylation is 2. The Morgan fingerprint density at radius 2 is 2.05 bits per heavy atom. The average Bonchev–Trinajstić information content (AvgIpc) is 2.81. The highest BCUT2D eigenvalue weighted by Crippen LogP contribution is 2.26. The van der Waals surface area contributed by atoms with Gasteiger partial charge in [0.1, 0.15) is 11.3 Å². The standard InChI is InChI=1S/C13H13N5O2/c1-6-4-8(13(20-3)14-5-6)11-15-9-7(2)17-18-10(9)12(19)16-11/h4-5H,1-3H3,(H,17,18)(H,15,16,19). The molecule has 0 unspecified atom stereocenters. The number of methoxy groups -OCH3 is 1. The van der Waals surface area contributed by atoms with Crippen LogP contribution in [0.25, 0.3) is 22.4 Å². The van der Waals surface area contributed by atoms with E-state index in [1.54, 1.807) is 6.20 Å². The van der Waals surface area contributed by atoms with Gasteiger partial charge in [-0.25, -0.2) is 9.97 Å². The zero-order valence-corrected chi connectivity index (χ0v) is 11.3. The first-order valence-electron chi connectivity index (χ1n) is 6.06. The first-order valence-corrected chi connectivity index (χ1v) is 6.06. The maximum absolute atomic E-state index is 12.0. The summed E-state index contributed by atoms with van der Waals surface area (Å²) in [5.74, 6) is 0.833. The van der Waals surface area contributed by atoms with Crippen LogP contribution in [0.15, 0.2) is 17.1 Å². The van der Waals surface area contributed by atoms with E-state index >= 15 is 0 Å². The lowest BCUT2D eigenvalue weighted by Gasteiger charge is -2.07. The van der Waals surface area contributed by atoms with E-state index in [4.69, 9.17) is 4.74 Å². The third-order valence-corrected chi connectivity index (χ3v) is 3.02. The number of aromatic nitrogens is 5. The minimum absolute atomic E-state index is 0.294. The Kier molecular flexibility index (Phi) is 2.74. The van der Waals surface area contributed by atoms with Gasteiger partial charge in [0, 0.05) is 6.20 Å². The summed E-state index contributed by atoms with van der Waals surface area (Å²) >= 11 is 0. The number of ether oxygens (including phenoxy) is 1. The fourth-order valence-electron chi connectivity index (χ4n) is 2.04. The Balaban J connectivity index is 2.32. The fraction of sp³-hybridized carbons (Fsp3) is 0.231. The Hall–Kier alpha value is -2.70. The Bertz CT molecular complexity index is 850. The molecule has 0 saturated heterocycles. The quantitative estimate of drug-likeness (QED) is 0.733. The molecule has 20 heavy (non-hydrogen) atoms. The van der Waals surface area contributed by atoms with Gasteiger partial charge >= 0.3 is 0 Å². The van der Waals surface area contributed by atoms with Gasteiger partial charge in [-0.05, 0) is 25.5 Å². The van der Waals surface area contributed by atoms with Gasteiger partial charge in [0.2, 0.25) is 5.88 Å². The van der Waals surface area contributed by atoms with Gasteiger partial charge in [-0.1, -0.05) is 0 Å². The molecule has 3 rings (SSSR count). The summed E-state index contributed by atoms with van der Waals surface area (Å²) in [7, 11) is 1.53. The second-order valence-electron chi connectivity index (χ2n) is 4.53. The van der Waals surface area contributed by atoms with Crippen LogP contribution >= 0.6 is 0 Å². The third kappa shape index (κ3) is 1.83. The maximum atomic E-state index is 12.0. The van der Waals surface area contributed by atoms with Crippen LogP contribution in [-0.2, 0) is 0 Å². The normalized spacial score (nSPS) is 10.9. The molecule has 0 aromatic carbocycles. The number of H-pyrrole nitrogens is 2. The summed E-state index contributed by atoms with van der Waals surface area (Å²) in [6, 6.07) is 1.87. The number of hydrogen-bond donors (Lipinski definition) is 2. The van der Waals surface area contributed by atoms with Crippen LogP contribution in [0.2, 0.25) is 0 Å². The summed E-state index contributed by atoms with van der Waals surface area (Å²) < 4.78 is 5.22. The molecule has 0 atom stereocenters. The molecule has 0 aliphatic rings. The molecular formula is C13H13N5O2. The second kappa shape index (κ2) is 4.44. The van der Waals surface area contributed by atoms with E-state index in [2.05, 4.69) is 25.1 Å². The first kappa shape index (κ1) is 12.3. The van der Waals surface area contributed by atoms with Gasteiger partial charge in [-0.3, -0.25) is 9.89 Å². The monoisotopic (exact) mass is 271 g/mol. The molecule has 0 spiro atoms. The number of pyridine rings is 1. The molecule has 0 radical (unpaired) electrons. The molecule has 102 valence electrons. The Labute approximate surface area is 114 Å². The van der Waals surface area contributed by atoms with Crippen molar-refractivity contribution in [1.29, 1.82) is 0 Å². The van der Waals surface area contributed by atoms with Crippen LogP contribution in [0.3, 0.4) is 0 Å². The van der Waals surface area contributed by atoms with E-state index in [0.29, 0.717) is 28.3 Å². The van der Waals surface area contributed by atoms with Crippen molar-refractivity contribution in [3.05, 3.63) is 33.9 Å². The van der Waals surface area contributed by atoms with Crippen molar-refractivity contribution in [3.63, 3.8) is 0 Å². The van der Waals surface area contributed by atoms with Crippen LogP contribution in [0, 0.1) is 13.8 Å². The minimum atomic E-state index is -0.294. The molecule has 7 heteroatoms. The van der Waals surface area contributed by atoms with Crippen LogP contribution in [0.4, 0.5) is 0 Å². The van der Waals surface area contributed by atoms with Crippen molar-refractivity contribution in [2.45, 2.75) is 13.8 Å². The summed E-state index contributed by atoms with van der Waals surface area (Å²) in [4.78, 5) is 23.4. The highest BCUT2D eigenvalue weighted by molar-refractivity contribution is 5.78. The molecule has 0 aliphatic heterocycles. The third-order valence-electron chi connectivity index (χ3n) is 3.02. The molecule has 0 aliphatic carbocycles. The number of nitrogens with zero attached hydrogens (tertiary/aromatic N) is 3. The summed E-state index contributed by atoms with van der Waals surface area (Å²) in [5, 5.41) is 6.69. The first-order chi connectivity index (χ1) is 9.60. The van der Waals surface area contributed by atoms with Gasteiger partial charge in [0.05, 0.1) is 18.4 Å². The average molecular weight is 271 g/mol. The highest BCUT2D eigenvalue weighted by Gasteiger charge is 2.14. The lowest BCUT2D eigenvalue weighted by Crippen LogP contribution is -2.10. The lowest BCUT2D eigenvalue weighted by atomic mass is 10.2. The van der Waals surface area contributed by atoms with E-state index in [9.17, 15) is 4.79 Å². The van der Waals surface area contributed by atoms with Crippen molar-refractivity contribution >= 4 is 11.0 Å². The van der Waals surface area contributed by atoms with Crippen LogP contribution < -0.4 is 10.3 Å². The minimum Gasteiger partial charge on any atom is -0.480 e. The molecule has 0 bridgehead atoms. The van der Waals surface area contributed by atoms with Gasteiger partial charge < -0.3 is 9.72 Å². The molecule has 0 saturated carbocycles. The SMILES string of the molecule is COc1ncc(C)cc1-c1nc2c(C)[nH]nc2c(=O)[nH]1. The highest BCUT2D eigenvalue weighted by atomic mass is 16.5. The summed E-state index contributed by atoms with van der Waals surface area (Å²) in [6.45, 7) is 3.73. The zero-order chi connectivity index (χ0) is 14.3. The smallest absolute Gasteiger partial charge is 0.279 e. The van der Waals surface area contributed by atoms with Crippen molar-refractivity contribution in [2.24, 2.45) is 0 Å². The van der Waals surface area contributed by atoms with Crippen LogP contribution in [-0.4, -0.2) is 32.3 Å². The Morgan fingerprint density at radius 3 is 2.80 bits per heavy atom. The van der Waals surface area contributed by atoms with Crippen molar-refractivity contribution in [1.82, 2.24) is 25.1 Å². The Morgan fingerprint density at radius 1 is 1.25 bits per heavy atom. The van der Waals surface area contributed by atoms with E-state index in [0.717, 1.165) is 11.3 Å². The maximum Gasteiger partial charge on any atom is 0.279 e. The van der Waals surface area contributed by atoms with Crippen LogP contribution in [0.5, 0.6) is 5.88 Å². The van der Waals surface area contributed by atoms with E-state index in [1.165, 1.54) is 7.11 Å². The molecule has 7 nitrogen and oxygen atoms in total. The summed E-state index contributed by atoms with van der Waals surface area (Å²) in [6.07, 6.45) is 1.70. The molecular weight excluding hydrogens is 258 g/mol. The van der Waals surface area contributed by atoms with Gasteiger partial charge in [0.15, 0.2) is 5.52 Å². The predicted octanol–water partition coefficient (Wildman–Crippen LogP) is 1.33. The largest absolute Gasteiger partial charge is 0.480 e. The van der Waals surface area contributed by atoms with Gasteiger partial charge in [-0.15, -0.1) is 0 Å². The van der Waals surface area contributed by atoms with E-state index in [1.807, 2.05) is 19.9 Å². The van der Waals surface area contributed by atoms with Gasteiger partial charge in [0.25, 0.3) is 5.56 Å². The fourth-order valence-corrected chi connectivity index (χ4v) is 2.04.